The number of aromatic nitrogens is 5. The Morgan fingerprint density at radius 1 is 0.323 bits per heavy atom. The zero-order chi connectivity index (χ0) is 43.2. The van der Waals surface area contributed by atoms with Crippen LogP contribution in [0.1, 0.15) is 25.0 Å². The molecule has 0 fully saturated rings. The number of rotatable bonds is 6. The molecule has 3 aromatic heterocycles. The fourth-order valence-corrected chi connectivity index (χ4v) is 10.5. The lowest BCUT2D eigenvalue weighted by Crippen LogP contribution is -2.15. The van der Waals surface area contributed by atoms with Crippen LogP contribution in [0.15, 0.2) is 212 Å². The van der Waals surface area contributed by atoms with Gasteiger partial charge in [-0.1, -0.05) is 172 Å². The van der Waals surface area contributed by atoms with E-state index >= 15 is 0 Å². The van der Waals surface area contributed by atoms with Crippen molar-refractivity contribution >= 4 is 43.6 Å². The summed E-state index contributed by atoms with van der Waals surface area (Å²) in [5.74, 6) is 1.82. The third-order valence-electron chi connectivity index (χ3n) is 13.6. The van der Waals surface area contributed by atoms with Crippen molar-refractivity contribution in [2.75, 3.05) is 0 Å². The van der Waals surface area contributed by atoms with Crippen LogP contribution in [0.5, 0.6) is 0 Å². The molecule has 1 aliphatic carbocycles. The van der Waals surface area contributed by atoms with Gasteiger partial charge in [-0.05, 0) is 88.0 Å². The molecule has 306 valence electrons. The van der Waals surface area contributed by atoms with Crippen LogP contribution in [0.4, 0.5) is 0 Å². The lowest BCUT2D eigenvalue weighted by molar-refractivity contribution is 0.661. The van der Waals surface area contributed by atoms with Gasteiger partial charge in [0.25, 0.3) is 0 Å². The monoisotopic (exact) mass is 831 g/mol. The van der Waals surface area contributed by atoms with E-state index < -0.39 is 0 Å². The summed E-state index contributed by atoms with van der Waals surface area (Å²) in [7, 11) is 0. The molecular formula is C60H41N5. The molecular weight excluding hydrogens is 791 g/mol. The molecule has 0 atom stereocenters. The molecule has 3 heterocycles. The smallest absolute Gasteiger partial charge is 0.166 e. The lowest BCUT2D eigenvalue weighted by atomic mass is 9.82. The minimum absolute atomic E-state index is 0.150. The first kappa shape index (κ1) is 37.2. The number of para-hydroxylation sites is 4. The Balaban J connectivity index is 1.03. The van der Waals surface area contributed by atoms with E-state index in [-0.39, 0.29) is 5.41 Å². The average Bonchev–Trinajstić information content (AvgIpc) is 3.96. The molecule has 0 saturated carbocycles. The Morgan fingerprint density at radius 3 is 1.57 bits per heavy atom. The lowest BCUT2D eigenvalue weighted by Gasteiger charge is -2.22. The zero-order valence-electron chi connectivity index (χ0n) is 35.9. The second-order valence-electron chi connectivity index (χ2n) is 17.6. The molecule has 5 nitrogen and oxygen atoms in total. The van der Waals surface area contributed by atoms with Crippen LogP contribution >= 0.6 is 0 Å². The summed E-state index contributed by atoms with van der Waals surface area (Å²) in [4.78, 5) is 16.0. The quantitative estimate of drug-likeness (QED) is 0.168. The maximum absolute atomic E-state index is 5.41. The summed E-state index contributed by atoms with van der Waals surface area (Å²) < 4.78 is 4.76. The SMILES string of the molecule is CC1(C)c2ccccc2-c2cc3c4ccccc4n(-c4ccccc4-c4nc(-c5ccc(-c6ccccc6)cc5)nc(-c5cccc(-n6c7ccccc7c7ccccc76)c5)n4)c3cc21. The third kappa shape index (κ3) is 5.75. The van der Waals surface area contributed by atoms with Crippen LogP contribution in [-0.2, 0) is 5.41 Å². The Kier molecular flexibility index (Phi) is 8.18. The fourth-order valence-electron chi connectivity index (χ4n) is 10.5. The van der Waals surface area contributed by atoms with Gasteiger partial charge >= 0.3 is 0 Å². The van der Waals surface area contributed by atoms with Gasteiger partial charge in [0.15, 0.2) is 17.5 Å². The average molecular weight is 832 g/mol. The topological polar surface area (TPSA) is 48.5 Å². The van der Waals surface area contributed by atoms with E-state index in [1.54, 1.807) is 0 Å². The van der Waals surface area contributed by atoms with E-state index in [4.69, 9.17) is 15.0 Å². The second-order valence-corrected chi connectivity index (χ2v) is 17.6. The summed E-state index contributed by atoms with van der Waals surface area (Å²) in [5.41, 5.74) is 16.9. The van der Waals surface area contributed by atoms with Crippen molar-refractivity contribution in [3.05, 3.63) is 223 Å². The highest BCUT2D eigenvalue weighted by molar-refractivity contribution is 6.12. The van der Waals surface area contributed by atoms with Gasteiger partial charge < -0.3 is 9.13 Å². The van der Waals surface area contributed by atoms with Gasteiger partial charge in [0.1, 0.15) is 0 Å². The molecule has 0 N–H and O–H groups in total. The van der Waals surface area contributed by atoms with Crippen LogP contribution in [0, 0.1) is 0 Å². The highest BCUT2D eigenvalue weighted by Gasteiger charge is 2.36. The maximum atomic E-state index is 5.41. The number of hydrogen-bond acceptors (Lipinski definition) is 3. The highest BCUT2D eigenvalue weighted by Crippen LogP contribution is 2.51. The van der Waals surface area contributed by atoms with Crippen molar-refractivity contribution < 1.29 is 0 Å². The van der Waals surface area contributed by atoms with Crippen molar-refractivity contribution in [3.63, 3.8) is 0 Å². The predicted octanol–water partition coefficient (Wildman–Crippen LogP) is 15.0. The predicted molar refractivity (Wildman–Crippen MR) is 268 cm³/mol. The fraction of sp³-hybridized carbons (Fsp3) is 0.0500. The van der Waals surface area contributed by atoms with Gasteiger partial charge in [-0.25, -0.2) is 15.0 Å². The molecule has 1 aliphatic rings. The largest absolute Gasteiger partial charge is 0.309 e. The van der Waals surface area contributed by atoms with Crippen molar-refractivity contribution in [1.29, 1.82) is 0 Å². The van der Waals surface area contributed by atoms with Crippen molar-refractivity contribution in [2.24, 2.45) is 0 Å². The summed E-state index contributed by atoms with van der Waals surface area (Å²) >= 11 is 0. The summed E-state index contributed by atoms with van der Waals surface area (Å²) in [6.45, 7) is 4.70. The molecule has 65 heavy (non-hydrogen) atoms. The van der Waals surface area contributed by atoms with Crippen molar-refractivity contribution in [1.82, 2.24) is 24.1 Å². The van der Waals surface area contributed by atoms with Gasteiger partial charge in [0, 0.05) is 49.3 Å². The molecule has 5 heteroatoms. The third-order valence-corrected chi connectivity index (χ3v) is 13.6. The van der Waals surface area contributed by atoms with E-state index in [0.717, 1.165) is 61.3 Å². The molecule has 9 aromatic carbocycles. The molecule has 0 unspecified atom stereocenters. The van der Waals surface area contributed by atoms with E-state index in [1.807, 2.05) is 6.07 Å². The van der Waals surface area contributed by atoms with Gasteiger partial charge in [0.05, 0.1) is 27.8 Å². The normalized spacial score (nSPS) is 12.9. The zero-order valence-corrected chi connectivity index (χ0v) is 35.9. The second kappa shape index (κ2) is 14.3. The molecule has 0 radical (unpaired) electrons. The van der Waals surface area contributed by atoms with Gasteiger partial charge in [-0.15, -0.1) is 0 Å². The first-order valence-electron chi connectivity index (χ1n) is 22.3. The Hall–Kier alpha value is -8.41. The molecule has 0 aliphatic heterocycles. The minimum atomic E-state index is -0.150. The van der Waals surface area contributed by atoms with E-state index in [0.29, 0.717) is 17.5 Å². The Bertz CT molecular complexity index is 3800. The number of hydrogen-bond donors (Lipinski definition) is 0. The highest BCUT2D eigenvalue weighted by atomic mass is 15.1. The van der Waals surface area contributed by atoms with Crippen LogP contribution in [0.25, 0.3) is 111 Å². The molecule has 0 bridgehead atoms. The van der Waals surface area contributed by atoms with Gasteiger partial charge in [0.2, 0.25) is 0 Å². The number of benzene rings is 9. The number of fused-ring (bicyclic) bond motifs is 9. The van der Waals surface area contributed by atoms with Crippen molar-refractivity contribution in [3.8, 4) is 67.8 Å². The van der Waals surface area contributed by atoms with Crippen LogP contribution in [-0.4, -0.2) is 24.1 Å². The first-order valence-corrected chi connectivity index (χ1v) is 22.3. The minimum Gasteiger partial charge on any atom is -0.309 e. The molecule has 12 aromatic rings. The van der Waals surface area contributed by atoms with Crippen molar-refractivity contribution in [2.45, 2.75) is 19.3 Å². The molecule has 0 amide bonds. The summed E-state index contributed by atoms with van der Waals surface area (Å²) in [6.07, 6.45) is 0. The molecule has 0 spiro atoms. The molecule has 13 rings (SSSR count). The van der Waals surface area contributed by atoms with E-state index in [1.165, 1.54) is 43.8 Å². The maximum Gasteiger partial charge on any atom is 0.166 e. The van der Waals surface area contributed by atoms with Crippen LogP contribution in [0.2, 0.25) is 0 Å². The number of nitrogens with zero attached hydrogens (tertiary/aromatic N) is 5. The summed E-state index contributed by atoms with van der Waals surface area (Å²) in [5, 5.41) is 4.87. The van der Waals surface area contributed by atoms with Gasteiger partial charge in [-0.2, -0.15) is 0 Å². The van der Waals surface area contributed by atoms with Crippen LogP contribution < -0.4 is 0 Å². The molecule has 0 saturated heterocycles. The Labute approximate surface area is 376 Å². The van der Waals surface area contributed by atoms with E-state index in [2.05, 4.69) is 229 Å². The summed E-state index contributed by atoms with van der Waals surface area (Å²) in [6, 6.07) is 75.9. The standard InChI is InChI=1S/C60H41N5/c1-60(2)50-26-11-6-21-43(50)48-36-49-46-24-9-14-29-54(46)65(56(49)37-51(48)60)55-30-15-10-25-47(55)59-62-57(40-33-31-39(32-34-40)38-17-4-3-5-18-38)61-58(63-59)41-19-16-20-42(35-41)64-52-27-12-7-22-44(52)45-23-8-13-28-53(45)64/h3-37H,1-2H3. The first-order chi connectivity index (χ1) is 32.0. The van der Waals surface area contributed by atoms with Crippen LogP contribution in [0.3, 0.4) is 0 Å². The van der Waals surface area contributed by atoms with E-state index in [9.17, 15) is 0 Å². The Morgan fingerprint density at radius 2 is 0.846 bits per heavy atom. The van der Waals surface area contributed by atoms with Gasteiger partial charge in [-0.3, -0.25) is 0 Å².